The number of likely N-dealkylation sites (tertiary alicyclic amines) is 1. The summed E-state index contributed by atoms with van der Waals surface area (Å²) in [5, 5.41) is 2.97. The number of anilines is 1. The number of pyridine rings is 1. The number of benzene rings is 1. The number of nitrogens with one attached hydrogen (secondary N) is 3. The van der Waals surface area contributed by atoms with E-state index >= 15 is 0 Å². The Labute approximate surface area is 182 Å². The molecule has 0 bridgehead atoms. The lowest BCUT2D eigenvalue weighted by Gasteiger charge is -2.33. The van der Waals surface area contributed by atoms with Gasteiger partial charge in [-0.1, -0.05) is 6.07 Å². The summed E-state index contributed by atoms with van der Waals surface area (Å²) in [6.45, 7) is 3.66. The summed E-state index contributed by atoms with van der Waals surface area (Å²) >= 11 is 0. The van der Waals surface area contributed by atoms with Crippen LogP contribution < -0.4 is 20.9 Å². The minimum absolute atomic E-state index is 0.0393. The van der Waals surface area contributed by atoms with Gasteiger partial charge in [-0.2, -0.15) is 0 Å². The van der Waals surface area contributed by atoms with E-state index < -0.39 is 0 Å². The van der Waals surface area contributed by atoms with Crippen molar-refractivity contribution in [3.8, 4) is 5.75 Å². The van der Waals surface area contributed by atoms with Crippen LogP contribution >= 0.6 is 0 Å². The number of carbonyl (C=O) groups is 2. The van der Waals surface area contributed by atoms with Gasteiger partial charge in [-0.15, -0.1) is 0 Å². The average Bonchev–Trinajstić information content (AvgIpc) is 3.31. The SMILES string of the molecule is CCOc1ccc(NC(=O)C2CCCN(C(=O)C3CC(c4cccnc4)NN3)C2)cc1. The summed E-state index contributed by atoms with van der Waals surface area (Å²) in [4.78, 5) is 31.8. The molecular weight excluding hydrogens is 394 g/mol. The first-order chi connectivity index (χ1) is 15.1. The van der Waals surface area contributed by atoms with Crippen molar-refractivity contribution in [1.29, 1.82) is 0 Å². The standard InChI is InChI=1S/C23H29N5O3/c1-2-31-19-9-7-18(8-10-19)25-22(29)17-6-4-12-28(15-17)23(30)21-13-20(26-27-21)16-5-3-11-24-14-16/h3,5,7-11,14,17,20-21,26-27H,2,4,6,12-13,15H2,1H3,(H,25,29). The van der Waals surface area contributed by atoms with Crippen molar-refractivity contribution in [1.82, 2.24) is 20.7 Å². The number of rotatable bonds is 6. The highest BCUT2D eigenvalue weighted by atomic mass is 16.5. The molecule has 3 unspecified atom stereocenters. The lowest BCUT2D eigenvalue weighted by atomic mass is 9.95. The zero-order valence-corrected chi connectivity index (χ0v) is 17.7. The number of aromatic nitrogens is 1. The highest BCUT2D eigenvalue weighted by Crippen LogP contribution is 2.25. The van der Waals surface area contributed by atoms with Gasteiger partial charge in [0.1, 0.15) is 11.8 Å². The number of hydrogen-bond acceptors (Lipinski definition) is 6. The smallest absolute Gasteiger partial charge is 0.241 e. The third-order valence-electron chi connectivity index (χ3n) is 5.82. The molecule has 3 N–H and O–H groups in total. The van der Waals surface area contributed by atoms with Crippen molar-refractivity contribution in [2.75, 3.05) is 25.0 Å². The molecule has 1 aromatic carbocycles. The molecule has 1 aromatic heterocycles. The van der Waals surface area contributed by atoms with E-state index in [0.29, 0.717) is 26.1 Å². The first-order valence-corrected chi connectivity index (χ1v) is 10.9. The third kappa shape index (κ3) is 5.21. The molecule has 2 amide bonds. The van der Waals surface area contributed by atoms with E-state index in [0.717, 1.165) is 29.8 Å². The molecule has 8 heteroatoms. The number of amides is 2. The number of nitrogens with zero attached hydrogens (tertiary/aromatic N) is 2. The fourth-order valence-corrected chi connectivity index (χ4v) is 4.18. The maximum Gasteiger partial charge on any atom is 0.241 e. The predicted molar refractivity (Wildman–Crippen MR) is 117 cm³/mol. The van der Waals surface area contributed by atoms with E-state index in [4.69, 9.17) is 4.74 Å². The third-order valence-corrected chi connectivity index (χ3v) is 5.82. The summed E-state index contributed by atoms with van der Waals surface area (Å²) in [6, 6.07) is 11.0. The van der Waals surface area contributed by atoms with Gasteiger partial charge in [0.05, 0.1) is 12.5 Å². The second-order valence-electron chi connectivity index (χ2n) is 7.99. The van der Waals surface area contributed by atoms with E-state index in [9.17, 15) is 9.59 Å². The van der Waals surface area contributed by atoms with E-state index in [2.05, 4.69) is 21.2 Å². The first-order valence-electron chi connectivity index (χ1n) is 10.9. The summed E-state index contributed by atoms with van der Waals surface area (Å²) < 4.78 is 5.44. The van der Waals surface area contributed by atoms with Crippen LogP contribution in [0.25, 0.3) is 0 Å². The van der Waals surface area contributed by atoms with Gasteiger partial charge >= 0.3 is 0 Å². The monoisotopic (exact) mass is 423 g/mol. The quantitative estimate of drug-likeness (QED) is 0.660. The van der Waals surface area contributed by atoms with Crippen molar-refractivity contribution in [3.05, 3.63) is 54.4 Å². The largest absolute Gasteiger partial charge is 0.494 e. The molecule has 0 spiro atoms. The van der Waals surface area contributed by atoms with Crippen LogP contribution in [0.3, 0.4) is 0 Å². The molecule has 2 aromatic rings. The Morgan fingerprint density at radius 1 is 1.23 bits per heavy atom. The van der Waals surface area contributed by atoms with Crippen molar-refractivity contribution < 1.29 is 14.3 Å². The van der Waals surface area contributed by atoms with Crippen LogP contribution in [-0.4, -0.2) is 47.4 Å². The van der Waals surface area contributed by atoms with Gasteiger partial charge in [-0.05, 0) is 62.1 Å². The molecule has 3 heterocycles. The van der Waals surface area contributed by atoms with E-state index in [1.54, 1.807) is 6.20 Å². The van der Waals surface area contributed by atoms with Crippen molar-refractivity contribution >= 4 is 17.5 Å². The fraction of sp³-hybridized carbons (Fsp3) is 0.435. The van der Waals surface area contributed by atoms with Gasteiger partial charge in [-0.3, -0.25) is 14.6 Å². The van der Waals surface area contributed by atoms with Gasteiger partial charge < -0.3 is 15.0 Å². The summed E-state index contributed by atoms with van der Waals surface area (Å²) in [7, 11) is 0. The van der Waals surface area contributed by atoms with Crippen LogP contribution in [0.15, 0.2) is 48.8 Å². The van der Waals surface area contributed by atoms with Gasteiger partial charge in [-0.25, -0.2) is 10.9 Å². The number of carbonyl (C=O) groups excluding carboxylic acids is 2. The molecule has 3 atom stereocenters. The summed E-state index contributed by atoms with van der Waals surface area (Å²) in [5.74, 6) is 0.551. The number of piperidine rings is 1. The zero-order valence-electron chi connectivity index (χ0n) is 17.7. The Morgan fingerprint density at radius 2 is 2.06 bits per heavy atom. The molecule has 4 rings (SSSR count). The minimum atomic E-state index is -0.307. The van der Waals surface area contributed by atoms with Crippen molar-refractivity contribution in [2.24, 2.45) is 5.92 Å². The Bertz CT molecular complexity index is 890. The van der Waals surface area contributed by atoms with Gasteiger partial charge in [0.15, 0.2) is 0 Å². The Hall–Kier alpha value is -2.97. The highest BCUT2D eigenvalue weighted by molar-refractivity contribution is 5.93. The molecule has 2 aliphatic heterocycles. The second-order valence-corrected chi connectivity index (χ2v) is 7.99. The molecule has 0 saturated carbocycles. The zero-order chi connectivity index (χ0) is 21.6. The maximum absolute atomic E-state index is 13.1. The summed E-state index contributed by atoms with van der Waals surface area (Å²) in [6.07, 6.45) is 5.81. The Balaban J connectivity index is 1.31. The van der Waals surface area contributed by atoms with Crippen LogP contribution in [0, 0.1) is 5.92 Å². The lowest BCUT2D eigenvalue weighted by Crippen LogP contribution is -2.50. The number of hydrogen-bond donors (Lipinski definition) is 3. The van der Waals surface area contributed by atoms with Crippen LogP contribution in [0.4, 0.5) is 5.69 Å². The second kappa shape index (κ2) is 9.89. The molecule has 0 aliphatic carbocycles. The molecule has 2 aliphatic rings. The maximum atomic E-state index is 13.1. The molecule has 0 radical (unpaired) electrons. The van der Waals surface area contributed by atoms with Crippen LogP contribution in [-0.2, 0) is 9.59 Å². The molecule has 164 valence electrons. The summed E-state index contributed by atoms with van der Waals surface area (Å²) in [5.41, 5.74) is 8.10. The fourth-order valence-electron chi connectivity index (χ4n) is 4.18. The predicted octanol–water partition coefficient (Wildman–Crippen LogP) is 2.27. The van der Waals surface area contributed by atoms with Crippen LogP contribution in [0.2, 0.25) is 0 Å². The van der Waals surface area contributed by atoms with E-state index in [1.165, 1.54) is 0 Å². The molecule has 2 saturated heterocycles. The normalized spacial score (nSPS) is 23.4. The topological polar surface area (TPSA) is 95.6 Å². The molecule has 31 heavy (non-hydrogen) atoms. The first kappa shape index (κ1) is 21.3. The van der Waals surface area contributed by atoms with Crippen molar-refractivity contribution in [2.45, 2.75) is 38.3 Å². The Kier molecular flexibility index (Phi) is 6.79. The van der Waals surface area contributed by atoms with Crippen LogP contribution in [0.1, 0.15) is 37.8 Å². The van der Waals surface area contributed by atoms with E-state index in [-0.39, 0.29) is 29.8 Å². The average molecular weight is 424 g/mol. The molecular formula is C23H29N5O3. The Morgan fingerprint density at radius 3 is 2.81 bits per heavy atom. The number of ether oxygens (including phenoxy) is 1. The molecule has 8 nitrogen and oxygen atoms in total. The van der Waals surface area contributed by atoms with Crippen LogP contribution in [0.5, 0.6) is 5.75 Å². The molecule has 2 fully saturated rings. The number of hydrazine groups is 1. The highest BCUT2D eigenvalue weighted by Gasteiger charge is 2.36. The minimum Gasteiger partial charge on any atom is -0.494 e. The van der Waals surface area contributed by atoms with Gasteiger partial charge in [0, 0.05) is 37.2 Å². The van der Waals surface area contributed by atoms with Crippen molar-refractivity contribution in [3.63, 3.8) is 0 Å². The van der Waals surface area contributed by atoms with Gasteiger partial charge in [0.25, 0.3) is 0 Å². The van der Waals surface area contributed by atoms with Gasteiger partial charge in [0.2, 0.25) is 11.8 Å². The van der Waals surface area contributed by atoms with E-state index in [1.807, 2.05) is 54.4 Å². The lowest BCUT2D eigenvalue weighted by molar-refractivity contribution is -0.136.